The fraction of sp³-hybridized carbons (Fsp3) is 0.875. The maximum Gasteiger partial charge on any atom is 0.102 e. The third-order valence-electron chi connectivity index (χ3n) is 1.95. The molecule has 0 amide bonds. The smallest absolute Gasteiger partial charge is 0.102 e. The molecule has 4 heteroatoms. The fourth-order valence-corrected chi connectivity index (χ4v) is 1.20. The molecule has 1 unspecified atom stereocenters. The van der Waals surface area contributed by atoms with E-state index < -0.39 is 5.60 Å². The molecule has 4 nitrogen and oxygen atoms in total. The minimum atomic E-state index is -0.699. The predicted octanol–water partition coefficient (Wildman–Crippen LogP) is -0.359. The number of rotatable bonds is 4. The van der Waals surface area contributed by atoms with Crippen molar-refractivity contribution in [2.45, 2.75) is 18.4 Å². The SMILES string of the molecule is N#CCCNCC1(O)CCOC1. The first-order valence-electron chi connectivity index (χ1n) is 4.15. The van der Waals surface area contributed by atoms with Crippen LogP contribution in [0.2, 0.25) is 0 Å². The third-order valence-corrected chi connectivity index (χ3v) is 1.95. The summed E-state index contributed by atoms with van der Waals surface area (Å²) < 4.78 is 5.06. The number of aliphatic hydroxyl groups is 1. The summed E-state index contributed by atoms with van der Waals surface area (Å²) >= 11 is 0. The molecule has 0 spiro atoms. The van der Waals surface area contributed by atoms with Gasteiger partial charge >= 0.3 is 0 Å². The number of nitrogens with one attached hydrogen (secondary N) is 1. The molecule has 68 valence electrons. The van der Waals surface area contributed by atoms with E-state index in [0.717, 1.165) is 0 Å². The van der Waals surface area contributed by atoms with E-state index in [2.05, 4.69) is 5.32 Å². The van der Waals surface area contributed by atoms with E-state index >= 15 is 0 Å². The number of ether oxygens (including phenoxy) is 1. The van der Waals surface area contributed by atoms with Crippen LogP contribution in [-0.2, 0) is 4.74 Å². The first-order chi connectivity index (χ1) is 5.77. The normalized spacial score (nSPS) is 28.7. The topological polar surface area (TPSA) is 65.3 Å². The molecule has 0 saturated carbocycles. The van der Waals surface area contributed by atoms with E-state index in [1.807, 2.05) is 6.07 Å². The van der Waals surface area contributed by atoms with Crippen LogP contribution in [0.25, 0.3) is 0 Å². The summed E-state index contributed by atoms with van der Waals surface area (Å²) in [5.41, 5.74) is -0.699. The standard InChI is InChI=1S/C8H14N2O2/c9-3-1-4-10-6-8(11)2-5-12-7-8/h10-11H,1-2,4-7H2. The average molecular weight is 170 g/mol. The number of hydrogen-bond donors (Lipinski definition) is 2. The van der Waals surface area contributed by atoms with Crippen LogP contribution in [-0.4, -0.2) is 37.0 Å². The lowest BCUT2D eigenvalue weighted by atomic mass is 10.0. The summed E-state index contributed by atoms with van der Waals surface area (Å²) in [6, 6.07) is 2.03. The van der Waals surface area contributed by atoms with Gasteiger partial charge in [0.1, 0.15) is 5.60 Å². The molecular formula is C8H14N2O2. The molecule has 0 aromatic heterocycles. The average Bonchev–Trinajstić information content (AvgIpc) is 2.47. The summed E-state index contributed by atoms with van der Waals surface area (Å²) in [5, 5.41) is 21.0. The summed E-state index contributed by atoms with van der Waals surface area (Å²) in [7, 11) is 0. The Bertz CT molecular complexity index is 170. The van der Waals surface area contributed by atoms with Crippen molar-refractivity contribution in [3.8, 4) is 6.07 Å². The lowest BCUT2D eigenvalue weighted by Gasteiger charge is -2.20. The number of nitriles is 1. The van der Waals surface area contributed by atoms with Crippen LogP contribution in [0.3, 0.4) is 0 Å². The quantitative estimate of drug-likeness (QED) is 0.565. The van der Waals surface area contributed by atoms with Crippen molar-refractivity contribution in [1.82, 2.24) is 5.32 Å². The first-order valence-corrected chi connectivity index (χ1v) is 4.15. The Hall–Kier alpha value is -0.630. The lowest BCUT2D eigenvalue weighted by molar-refractivity contribution is 0.0274. The number of nitrogens with zero attached hydrogens (tertiary/aromatic N) is 1. The maximum atomic E-state index is 9.72. The van der Waals surface area contributed by atoms with Gasteiger partial charge in [-0.15, -0.1) is 0 Å². The van der Waals surface area contributed by atoms with Gasteiger partial charge in [0.2, 0.25) is 0 Å². The predicted molar refractivity (Wildman–Crippen MR) is 43.5 cm³/mol. The Labute approximate surface area is 72.1 Å². The molecule has 2 N–H and O–H groups in total. The van der Waals surface area contributed by atoms with E-state index in [-0.39, 0.29) is 0 Å². The van der Waals surface area contributed by atoms with Crippen LogP contribution < -0.4 is 5.32 Å². The minimum Gasteiger partial charge on any atom is -0.386 e. The maximum absolute atomic E-state index is 9.72. The molecule has 1 heterocycles. The van der Waals surface area contributed by atoms with Crippen molar-refractivity contribution < 1.29 is 9.84 Å². The van der Waals surface area contributed by atoms with Crippen LogP contribution in [0.4, 0.5) is 0 Å². The monoisotopic (exact) mass is 170 g/mol. The molecule has 0 aromatic carbocycles. The number of hydrogen-bond acceptors (Lipinski definition) is 4. The molecular weight excluding hydrogens is 156 g/mol. The van der Waals surface area contributed by atoms with Gasteiger partial charge in [-0.2, -0.15) is 5.26 Å². The van der Waals surface area contributed by atoms with Crippen molar-refractivity contribution >= 4 is 0 Å². The Kier molecular flexibility index (Phi) is 3.48. The van der Waals surface area contributed by atoms with Crippen molar-refractivity contribution in [1.29, 1.82) is 5.26 Å². The van der Waals surface area contributed by atoms with Gasteiger partial charge in [0.15, 0.2) is 0 Å². The van der Waals surface area contributed by atoms with Gasteiger partial charge < -0.3 is 15.2 Å². The zero-order valence-electron chi connectivity index (χ0n) is 7.05. The molecule has 12 heavy (non-hydrogen) atoms. The highest BCUT2D eigenvalue weighted by molar-refractivity contribution is 4.85. The highest BCUT2D eigenvalue weighted by atomic mass is 16.5. The van der Waals surface area contributed by atoms with E-state index in [9.17, 15) is 5.11 Å². The zero-order chi connectivity index (χ0) is 8.86. The summed E-state index contributed by atoms with van der Waals surface area (Å²) in [6.07, 6.45) is 1.17. The van der Waals surface area contributed by atoms with Gasteiger partial charge in [0, 0.05) is 32.5 Å². The van der Waals surface area contributed by atoms with Gasteiger partial charge in [-0.05, 0) is 0 Å². The van der Waals surface area contributed by atoms with Gasteiger partial charge in [-0.1, -0.05) is 0 Å². The highest BCUT2D eigenvalue weighted by Gasteiger charge is 2.31. The Morgan fingerprint density at radius 3 is 3.08 bits per heavy atom. The summed E-state index contributed by atoms with van der Waals surface area (Å²) in [5.74, 6) is 0. The molecule has 1 rings (SSSR count). The van der Waals surface area contributed by atoms with Gasteiger partial charge in [-0.3, -0.25) is 0 Å². The van der Waals surface area contributed by atoms with E-state index in [4.69, 9.17) is 10.00 Å². The third kappa shape index (κ3) is 2.78. The molecule has 1 aliphatic heterocycles. The van der Waals surface area contributed by atoms with E-state index in [0.29, 0.717) is 39.1 Å². The first kappa shape index (κ1) is 9.46. The molecule has 1 atom stereocenters. The van der Waals surface area contributed by atoms with Crippen molar-refractivity contribution in [2.24, 2.45) is 0 Å². The second-order valence-corrected chi connectivity index (χ2v) is 3.11. The summed E-state index contributed by atoms with van der Waals surface area (Å²) in [4.78, 5) is 0. The molecule has 1 fully saturated rings. The van der Waals surface area contributed by atoms with Crippen LogP contribution in [0.5, 0.6) is 0 Å². The second-order valence-electron chi connectivity index (χ2n) is 3.11. The molecule has 0 bridgehead atoms. The molecule has 1 aliphatic rings. The Morgan fingerprint density at radius 2 is 2.50 bits per heavy atom. The molecule has 0 radical (unpaired) electrons. The Morgan fingerprint density at radius 1 is 1.67 bits per heavy atom. The van der Waals surface area contributed by atoms with Crippen LogP contribution in [0.1, 0.15) is 12.8 Å². The summed E-state index contributed by atoms with van der Waals surface area (Å²) in [6.45, 7) is 2.20. The van der Waals surface area contributed by atoms with Gasteiger partial charge in [0.05, 0.1) is 12.7 Å². The van der Waals surface area contributed by atoms with Crippen molar-refractivity contribution in [3.05, 3.63) is 0 Å². The molecule has 0 aromatic rings. The van der Waals surface area contributed by atoms with Crippen LogP contribution in [0.15, 0.2) is 0 Å². The zero-order valence-corrected chi connectivity index (χ0v) is 7.05. The van der Waals surface area contributed by atoms with Crippen molar-refractivity contribution in [2.75, 3.05) is 26.3 Å². The Balaban J connectivity index is 2.09. The molecule has 1 saturated heterocycles. The fourth-order valence-electron chi connectivity index (χ4n) is 1.20. The van der Waals surface area contributed by atoms with Crippen LogP contribution >= 0.6 is 0 Å². The minimum absolute atomic E-state index is 0.409. The lowest BCUT2D eigenvalue weighted by Crippen LogP contribution is -2.41. The van der Waals surface area contributed by atoms with E-state index in [1.165, 1.54) is 0 Å². The van der Waals surface area contributed by atoms with Crippen LogP contribution in [0, 0.1) is 11.3 Å². The van der Waals surface area contributed by atoms with Gasteiger partial charge in [-0.25, -0.2) is 0 Å². The second kappa shape index (κ2) is 4.41. The van der Waals surface area contributed by atoms with Crippen molar-refractivity contribution in [3.63, 3.8) is 0 Å². The molecule has 0 aliphatic carbocycles. The highest BCUT2D eigenvalue weighted by Crippen LogP contribution is 2.16. The largest absolute Gasteiger partial charge is 0.386 e. The van der Waals surface area contributed by atoms with Gasteiger partial charge in [0.25, 0.3) is 0 Å². The van der Waals surface area contributed by atoms with E-state index in [1.54, 1.807) is 0 Å².